The van der Waals surface area contributed by atoms with E-state index in [9.17, 15) is 0 Å². The molecule has 696 valence electrons. The summed E-state index contributed by atoms with van der Waals surface area (Å²) in [4.78, 5) is 47.9. The molecule has 17 aromatic carbocycles. The fourth-order valence-electron chi connectivity index (χ4n) is 20.0. The molecule has 28 aromatic rings. The molecular formula is C134H90N14. The molecule has 0 radical (unpaired) electrons. The van der Waals surface area contributed by atoms with Crippen LogP contribution in [0.2, 0.25) is 0 Å². The molecule has 0 fully saturated rings. The first kappa shape index (κ1) is 89.2. The van der Waals surface area contributed by atoms with Gasteiger partial charge < -0.3 is 18.3 Å². The minimum atomic E-state index is 0.574. The fraction of sp³-hybridized carbons (Fsp3) is 0. The molecule has 11 aromatic heterocycles. The summed E-state index contributed by atoms with van der Waals surface area (Å²) in [6.07, 6.45) is 5.32. The molecule has 0 saturated heterocycles. The number of fused-ring (bicyclic) bond motifs is 12. The minimum Gasteiger partial charge on any atom is -0.309 e. The summed E-state index contributed by atoms with van der Waals surface area (Å²) >= 11 is 0. The molecule has 148 heavy (non-hydrogen) atoms. The van der Waals surface area contributed by atoms with Crippen molar-refractivity contribution in [2.45, 2.75) is 0 Å². The maximum Gasteiger partial charge on any atom is 0.179 e. The Kier molecular flexibility index (Phi) is 24.1. The van der Waals surface area contributed by atoms with Gasteiger partial charge in [-0.3, -0.25) is 15.0 Å². The average Bonchev–Trinajstić information content (AvgIpc) is 1.60. The van der Waals surface area contributed by atoms with E-state index in [4.69, 9.17) is 34.9 Å². The van der Waals surface area contributed by atoms with Crippen molar-refractivity contribution in [1.82, 2.24) is 68.1 Å². The number of aromatic nitrogens is 14. The van der Waals surface area contributed by atoms with E-state index in [0.29, 0.717) is 11.6 Å². The molecular weight excluding hydrogens is 1810 g/mol. The molecule has 14 heteroatoms. The van der Waals surface area contributed by atoms with Crippen LogP contribution >= 0.6 is 0 Å². The zero-order valence-electron chi connectivity index (χ0n) is 80.2. The van der Waals surface area contributed by atoms with Gasteiger partial charge in [-0.15, -0.1) is 0 Å². The van der Waals surface area contributed by atoms with Gasteiger partial charge in [0.1, 0.15) is 5.69 Å². The molecule has 0 aliphatic rings. The molecule has 0 amide bonds. The third kappa shape index (κ3) is 17.8. The Bertz CT molecular complexity index is 8090. The maximum atomic E-state index is 5.02. The number of pyridine rings is 4. The molecule has 0 aliphatic heterocycles. The second-order valence-corrected chi connectivity index (χ2v) is 36.2. The smallest absolute Gasteiger partial charge is 0.179 e. The molecule has 0 spiro atoms. The first-order valence-electron chi connectivity index (χ1n) is 49.5. The van der Waals surface area contributed by atoms with Gasteiger partial charge in [0.25, 0.3) is 0 Å². The predicted molar refractivity (Wildman–Crippen MR) is 606 cm³/mol. The van der Waals surface area contributed by atoms with E-state index in [1.807, 2.05) is 146 Å². The standard InChI is InChI=1S/C35H24N2.C34H23N3.C33H22N4.C32H21N5/c1-3-11-26(12-4-1)32-23-28(24-33(36-32)27-13-5-2-6-14-27)25-19-21-29(22-20-25)37-34-17-9-7-15-30(34)31-16-8-10-18-35(31)37;1-3-11-24(12-4-1)30-23-31(36-34(35-30)26-13-5-2-6-14-26)25-19-21-27(22-20-25)37-32-17-9-7-15-28(32)29-16-8-10-18-33(29)37;1-2-10-24(11-3-1)33-35-29(22-30(36-33)28-14-8-9-21-34-28)23-17-19-25(20-18-23)37-31-15-6-4-12-26(31)27-13-5-7-16-32(27)37;1-3-13-30-24(9-1)25-10-2-4-14-31(25)37(30)23-17-15-22(16-18-23)28-21-29(26-11-5-7-19-33-26)36-32(35-28)27-12-6-8-20-34-27/h1-24H;1-23H;1-22H;1-21H. The van der Waals surface area contributed by atoms with Crippen LogP contribution in [-0.2, 0) is 0 Å². The van der Waals surface area contributed by atoms with Crippen molar-refractivity contribution >= 4 is 87.2 Å². The van der Waals surface area contributed by atoms with Crippen molar-refractivity contribution in [2.75, 3.05) is 0 Å². The van der Waals surface area contributed by atoms with Gasteiger partial charge in [-0.25, -0.2) is 34.9 Å². The lowest BCUT2D eigenvalue weighted by molar-refractivity contribution is 1.13. The van der Waals surface area contributed by atoms with E-state index in [0.717, 1.165) is 141 Å². The molecule has 0 atom stereocenters. The number of benzene rings is 17. The van der Waals surface area contributed by atoms with Crippen LogP contribution < -0.4 is 0 Å². The summed E-state index contributed by atoms with van der Waals surface area (Å²) in [6, 6.07) is 183. The minimum absolute atomic E-state index is 0.574. The first-order valence-corrected chi connectivity index (χ1v) is 49.5. The van der Waals surface area contributed by atoms with Crippen LogP contribution in [0.3, 0.4) is 0 Å². The van der Waals surface area contributed by atoms with Crippen LogP contribution in [-0.4, -0.2) is 68.1 Å². The van der Waals surface area contributed by atoms with Crippen LogP contribution in [0.4, 0.5) is 0 Å². The Hall–Kier alpha value is -20.2. The molecule has 11 heterocycles. The molecule has 0 saturated carbocycles. The van der Waals surface area contributed by atoms with E-state index >= 15 is 0 Å². The largest absolute Gasteiger partial charge is 0.309 e. The molecule has 14 nitrogen and oxygen atoms in total. The number of hydrogen-bond donors (Lipinski definition) is 0. The summed E-state index contributed by atoms with van der Waals surface area (Å²) < 4.78 is 9.32. The van der Waals surface area contributed by atoms with Crippen molar-refractivity contribution < 1.29 is 0 Å². The third-order valence-corrected chi connectivity index (χ3v) is 27.1. The highest BCUT2D eigenvalue weighted by Crippen LogP contribution is 2.42. The van der Waals surface area contributed by atoms with Gasteiger partial charge >= 0.3 is 0 Å². The van der Waals surface area contributed by atoms with Gasteiger partial charge in [-0.1, -0.05) is 364 Å². The molecule has 0 unspecified atom stereocenters. The van der Waals surface area contributed by atoms with Gasteiger partial charge in [-0.2, -0.15) is 0 Å². The van der Waals surface area contributed by atoms with Crippen molar-refractivity contribution in [2.24, 2.45) is 0 Å². The lowest BCUT2D eigenvalue weighted by Crippen LogP contribution is -1.98. The van der Waals surface area contributed by atoms with Crippen LogP contribution in [0.25, 0.3) is 246 Å². The zero-order valence-corrected chi connectivity index (χ0v) is 80.2. The van der Waals surface area contributed by atoms with E-state index in [-0.39, 0.29) is 0 Å². The molecule has 0 N–H and O–H groups in total. The Morgan fingerprint density at radius 1 is 0.115 bits per heavy atom. The van der Waals surface area contributed by atoms with E-state index in [2.05, 4.69) is 415 Å². The lowest BCUT2D eigenvalue weighted by Gasteiger charge is -2.12. The van der Waals surface area contributed by atoms with Crippen molar-refractivity contribution in [3.8, 4) is 158 Å². The highest BCUT2D eigenvalue weighted by molar-refractivity contribution is 6.13. The second kappa shape index (κ2) is 40.1. The zero-order chi connectivity index (χ0) is 98.4. The van der Waals surface area contributed by atoms with E-state index in [1.54, 1.807) is 18.6 Å². The number of rotatable bonds is 16. The molecule has 28 rings (SSSR count). The normalized spacial score (nSPS) is 11.2. The van der Waals surface area contributed by atoms with Crippen molar-refractivity contribution in [3.63, 3.8) is 0 Å². The summed E-state index contributed by atoms with van der Waals surface area (Å²) in [6.45, 7) is 0. The highest BCUT2D eigenvalue weighted by atomic mass is 15.0. The van der Waals surface area contributed by atoms with Gasteiger partial charge in [0, 0.05) is 129 Å². The number of para-hydroxylation sites is 8. The number of nitrogens with zero attached hydrogens (tertiary/aromatic N) is 14. The second-order valence-electron chi connectivity index (χ2n) is 36.2. The van der Waals surface area contributed by atoms with Gasteiger partial charge in [-0.05, 0) is 175 Å². The maximum absolute atomic E-state index is 5.02. The molecule has 0 bridgehead atoms. The Labute approximate surface area is 854 Å². The van der Waals surface area contributed by atoms with Crippen molar-refractivity contribution in [3.05, 3.63) is 546 Å². The molecule has 0 aliphatic carbocycles. The van der Waals surface area contributed by atoms with Gasteiger partial charge in [0.2, 0.25) is 0 Å². The third-order valence-electron chi connectivity index (χ3n) is 27.1. The summed E-state index contributed by atoms with van der Waals surface area (Å²) in [7, 11) is 0. The Morgan fingerprint density at radius 3 is 0.574 bits per heavy atom. The SMILES string of the molecule is c1ccc(-c2cc(-c3ccc(-n4c5ccccc5c5ccccc54)cc3)cc(-c3ccccc3)n2)cc1.c1ccc(-c2cc(-c3ccc(-n4c5ccccc5c5ccccc54)cc3)nc(-c3ccccc3)n2)cc1.c1ccc(-c2cc(-c3ccc(-n4c5ccccc5c5ccccc54)cc3)nc(-c3ccccn3)n2)nc1.c1ccc(-c2nc(-c3ccc(-n4c5ccccc5c5ccccc54)cc3)cc(-c3ccccn3)n2)cc1. The predicted octanol–water partition coefficient (Wildman–Crippen LogP) is 33.1. The van der Waals surface area contributed by atoms with Crippen LogP contribution in [0, 0.1) is 0 Å². The van der Waals surface area contributed by atoms with E-state index < -0.39 is 0 Å². The van der Waals surface area contributed by atoms with Crippen LogP contribution in [0.1, 0.15) is 0 Å². The monoisotopic (exact) mass is 1890 g/mol. The summed E-state index contributed by atoms with van der Waals surface area (Å²) in [5, 5.41) is 10.1. The van der Waals surface area contributed by atoms with E-state index in [1.165, 1.54) is 92.8 Å². The quantitative estimate of drug-likeness (QED) is 0.0915. The average molecular weight is 1900 g/mol. The summed E-state index contributed by atoms with van der Waals surface area (Å²) in [5.74, 6) is 1.99. The fourth-order valence-corrected chi connectivity index (χ4v) is 20.0. The lowest BCUT2D eigenvalue weighted by atomic mass is 10.00. The number of hydrogen-bond acceptors (Lipinski definition) is 10. The van der Waals surface area contributed by atoms with Gasteiger partial charge in [0.15, 0.2) is 17.5 Å². The first-order chi connectivity index (χ1) is 73.4. The van der Waals surface area contributed by atoms with Crippen LogP contribution in [0.5, 0.6) is 0 Å². The van der Waals surface area contributed by atoms with Crippen molar-refractivity contribution in [1.29, 1.82) is 0 Å². The van der Waals surface area contributed by atoms with Gasteiger partial charge in [0.05, 0.1) is 101 Å². The Balaban J connectivity index is 0.000000103. The Morgan fingerprint density at radius 2 is 0.311 bits per heavy atom. The van der Waals surface area contributed by atoms with Crippen LogP contribution in [0.15, 0.2) is 546 Å². The highest BCUT2D eigenvalue weighted by Gasteiger charge is 2.22. The summed E-state index contributed by atoms with van der Waals surface area (Å²) in [5.41, 5.74) is 34.2. The topological polar surface area (TPSA) is 149 Å².